The number of carbonyl (C=O) groups excluding carboxylic acids is 1. The van der Waals surface area contributed by atoms with E-state index in [4.69, 9.17) is 0 Å². The molecule has 0 aliphatic heterocycles. The van der Waals surface area contributed by atoms with Crippen LogP contribution in [0.3, 0.4) is 0 Å². The summed E-state index contributed by atoms with van der Waals surface area (Å²) < 4.78 is 15.2. The molecule has 5 nitrogen and oxygen atoms in total. The Kier molecular flexibility index (Phi) is 4.99. The first-order valence-electron chi connectivity index (χ1n) is 7.81. The van der Waals surface area contributed by atoms with Gasteiger partial charge < -0.3 is 5.32 Å². The second-order valence-electron chi connectivity index (χ2n) is 5.52. The highest BCUT2D eigenvalue weighted by Gasteiger charge is 2.09. The maximum absolute atomic E-state index is 13.6. The van der Waals surface area contributed by atoms with Gasteiger partial charge in [-0.2, -0.15) is 5.10 Å². The number of carbonyl (C=O) groups is 1. The Labute approximate surface area is 144 Å². The van der Waals surface area contributed by atoms with Gasteiger partial charge in [-0.1, -0.05) is 30.3 Å². The third kappa shape index (κ3) is 4.17. The Bertz CT molecular complexity index is 890. The van der Waals surface area contributed by atoms with Crippen LogP contribution in [0.25, 0.3) is 11.8 Å². The van der Waals surface area contributed by atoms with Crippen molar-refractivity contribution in [2.75, 3.05) is 0 Å². The van der Waals surface area contributed by atoms with E-state index in [-0.39, 0.29) is 17.8 Å². The number of nitrogens with zero attached hydrogens (tertiary/aromatic N) is 3. The minimum Gasteiger partial charge on any atom is -0.346 e. The molecule has 0 spiro atoms. The highest BCUT2D eigenvalue weighted by Crippen LogP contribution is 2.16. The third-order valence-electron chi connectivity index (χ3n) is 3.73. The lowest BCUT2D eigenvalue weighted by Crippen LogP contribution is -2.24. The maximum Gasteiger partial charge on any atom is 0.244 e. The zero-order valence-corrected chi connectivity index (χ0v) is 13.6. The van der Waals surface area contributed by atoms with Gasteiger partial charge in [0.05, 0.1) is 11.7 Å². The highest BCUT2D eigenvalue weighted by atomic mass is 19.1. The van der Waals surface area contributed by atoms with E-state index in [1.165, 1.54) is 24.5 Å². The largest absolute Gasteiger partial charge is 0.346 e. The lowest BCUT2D eigenvalue weighted by atomic mass is 10.1. The predicted octanol–water partition coefficient (Wildman–Crippen LogP) is 3.30. The highest BCUT2D eigenvalue weighted by molar-refractivity contribution is 5.92. The Morgan fingerprint density at radius 1 is 1.24 bits per heavy atom. The molecule has 3 aromatic rings. The van der Waals surface area contributed by atoms with E-state index in [1.54, 1.807) is 29.2 Å². The zero-order chi connectivity index (χ0) is 17.6. The van der Waals surface area contributed by atoms with Gasteiger partial charge >= 0.3 is 0 Å². The molecule has 0 radical (unpaired) electrons. The van der Waals surface area contributed by atoms with Crippen molar-refractivity contribution in [3.05, 3.63) is 84.2 Å². The minimum atomic E-state index is -0.361. The van der Waals surface area contributed by atoms with Crippen LogP contribution < -0.4 is 5.32 Å². The molecule has 6 heteroatoms. The Morgan fingerprint density at radius 2 is 2.08 bits per heavy atom. The number of benzene rings is 2. The van der Waals surface area contributed by atoms with E-state index >= 15 is 0 Å². The first-order valence-corrected chi connectivity index (χ1v) is 7.81. The van der Waals surface area contributed by atoms with Gasteiger partial charge in [-0.25, -0.2) is 14.1 Å². The lowest BCUT2D eigenvalue weighted by molar-refractivity contribution is -0.117. The first-order chi connectivity index (χ1) is 12.1. The molecule has 0 fully saturated rings. The fourth-order valence-electron chi connectivity index (χ4n) is 2.40. The molecule has 25 heavy (non-hydrogen) atoms. The molecule has 2 aromatic carbocycles. The van der Waals surface area contributed by atoms with E-state index in [2.05, 4.69) is 15.4 Å². The van der Waals surface area contributed by atoms with Gasteiger partial charge in [0.25, 0.3) is 0 Å². The molecule has 1 amide bonds. The van der Waals surface area contributed by atoms with Gasteiger partial charge in [0.1, 0.15) is 18.5 Å². The number of hydrogen-bond donors (Lipinski definition) is 1. The second-order valence-corrected chi connectivity index (χ2v) is 5.52. The summed E-state index contributed by atoms with van der Waals surface area (Å²) in [5.74, 6) is -0.651. The van der Waals surface area contributed by atoms with Crippen molar-refractivity contribution in [3.8, 4) is 5.69 Å². The summed E-state index contributed by atoms with van der Waals surface area (Å²) in [6.07, 6.45) is 5.87. The summed E-state index contributed by atoms with van der Waals surface area (Å²) in [6, 6.07) is 13.7. The van der Waals surface area contributed by atoms with Crippen molar-refractivity contribution in [1.82, 2.24) is 20.1 Å². The number of rotatable bonds is 5. The van der Waals surface area contributed by atoms with Gasteiger partial charge in [-0.15, -0.1) is 0 Å². The molecular formula is C19H17FN4O. The molecule has 0 aliphatic carbocycles. The summed E-state index contributed by atoms with van der Waals surface area (Å²) in [6.45, 7) is 1.88. The number of halogens is 1. The van der Waals surface area contributed by atoms with Crippen LogP contribution in [0.4, 0.5) is 4.39 Å². The molecule has 0 bridgehead atoms. The van der Waals surface area contributed by atoms with Crippen molar-refractivity contribution >= 4 is 12.0 Å². The fraction of sp³-hybridized carbons (Fsp3) is 0.105. The fourth-order valence-corrected chi connectivity index (χ4v) is 2.40. The summed E-state index contributed by atoms with van der Waals surface area (Å²) in [5.41, 5.74) is 2.16. The number of aromatic nitrogens is 3. The van der Waals surface area contributed by atoms with Crippen LogP contribution in [-0.4, -0.2) is 20.7 Å². The lowest BCUT2D eigenvalue weighted by Gasteiger charge is -2.14. The summed E-state index contributed by atoms with van der Waals surface area (Å²) in [5, 5.41) is 6.96. The smallest absolute Gasteiger partial charge is 0.244 e. The van der Waals surface area contributed by atoms with Gasteiger partial charge in [-0.05, 0) is 36.8 Å². The van der Waals surface area contributed by atoms with Crippen LogP contribution in [0, 0.1) is 5.82 Å². The van der Waals surface area contributed by atoms with Crippen molar-refractivity contribution in [2.45, 2.75) is 13.0 Å². The first kappa shape index (κ1) is 16.6. The number of nitrogens with one attached hydrogen (secondary N) is 1. The topological polar surface area (TPSA) is 59.8 Å². The average Bonchev–Trinajstić information content (AvgIpc) is 3.16. The van der Waals surface area contributed by atoms with Crippen LogP contribution in [0.1, 0.15) is 24.1 Å². The standard InChI is InChI=1S/C19H17FN4O/c1-14(16-6-4-7-17(11-16)24-13-21-12-22-24)23-19(25)10-9-15-5-2-3-8-18(15)20/h2-14H,1H3,(H,23,25)/t14-/m0/s1. The SMILES string of the molecule is C[C@H](NC(=O)C=Cc1ccccc1F)c1cccc(-n2cncn2)c1. The van der Waals surface area contributed by atoms with Gasteiger partial charge in [0, 0.05) is 11.6 Å². The van der Waals surface area contributed by atoms with Crippen LogP contribution in [-0.2, 0) is 4.79 Å². The maximum atomic E-state index is 13.6. The van der Waals surface area contributed by atoms with E-state index in [0.29, 0.717) is 5.56 Å². The third-order valence-corrected chi connectivity index (χ3v) is 3.73. The van der Waals surface area contributed by atoms with Crippen molar-refractivity contribution in [2.24, 2.45) is 0 Å². The van der Waals surface area contributed by atoms with E-state index in [0.717, 1.165) is 11.3 Å². The Hall–Kier alpha value is -3.28. The van der Waals surface area contributed by atoms with E-state index in [1.807, 2.05) is 31.2 Å². The van der Waals surface area contributed by atoms with Crippen LogP contribution >= 0.6 is 0 Å². The van der Waals surface area contributed by atoms with E-state index in [9.17, 15) is 9.18 Å². The molecule has 1 N–H and O–H groups in total. The van der Waals surface area contributed by atoms with Gasteiger partial charge in [0.2, 0.25) is 5.91 Å². The molecular weight excluding hydrogens is 319 g/mol. The second kappa shape index (κ2) is 7.53. The van der Waals surface area contributed by atoms with E-state index < -0.39 is 0 Å². The molecule has 0 unspecified atom stereocenters. The Morgan fingerprint density at radius 3 is 2.84 bits per heavy atom. The van der Waals surface area contributed by atoms with Crippen LogP contribution in [0.15, 0.2) is 67.3 Å². The number of hydrogen-bond acceptors (Lipinski definition) is 3. The molecule has 0 aliphatic rings. The molecule has 1 atom stereocenters. The minimum absolute atomic E-state index is 0.207. The summed E-state index contributed by atoms with van der Waals surface area (Å²) in [4.78, 5) is 16.0. The average molecular weight is 336 g/mol. The summed E-state index contributed by atoms with van der Waals surface area (Å²) in [7, 11) is 0. The molecule has 3 rings (SSSR count). The monoisotopic (exact) mass is 336 g/mol. The van der Waals surface area contributed by atoms with Crippen LogP contribution in [0.2, 0.25) is 0 Å². The number of amides is 1. The normalized spacial score (nSPS) is 12.2. The Balaban J connectivity index is 1.68. The zero-order valence-electron chi connectivity index (χ0n) is 13.6. The van der Waals surface area contributed by atoms with Crippen molar-refractivity contribution < 1.29 is 9.18 Å². The van der Waals surface area contributed by atoms with Gasteiger partial charge in [-0.3, -0.25) is 4.79 Å². The molecule has 1 aromatic heterocycles. The molecule has 1 heterocycles. The quantitative estimate of drug-likeness (QED) is 0.727. The molecule has 0 saturated heterocycles. The summed E-state index contributed by atoms with van der Waals surface area (Å²) >= 11 is 0. The molecule has 0 saturated carbocycles. The van der Waals surface area contributed by atoms with Crippen LogP contribution in [0.5, 0.6) is 0 Å². The van der Waals surface area contributed by atoms with Crippen molar-refractivity contribution in [3.63, 3.8) is 0 Å². The predicted molar refractivity (Wildman–Crippen MR) is 93.4 cm³/mol. The molecule has 126 valence electrons. The van der Waals surface area contributed by atoms with Crippen molar-refractivity contribution in [1.29, 1.82) is 0 Å². The van der Waals surface area contributed by atoms with Gasteiger partial charge in [0.15, 0.2) is 0 Å².